The van der Waals surface area contributed by atoms with Crippen LogP contribution >= 0.6 is 0 Å². The summed E-state index contributed by atoms with van der Waals surface area (Å²) in [5.41, 5.74) is 5.46. The topological polar surface area (TPSA) is 105 Å². The molecule has 0 saturated heterocycles. The molecular weight excluding hydrogens is 248 g/mol. The fourth-order valence-electron chi connectivity index (χ4n) is 1.48. The Balaban J connectivity index is 2.91. The van der Waals surface area contributed by atoms with Crippen molar-refractivity contribution in [2.75, 3.05) is 11.9 Å². The molecule has 5 N–H and O–H groups in total. The van der Waals surface area contributed by atoms with Gasteiger partial charge in [-0.2, -0.15) is 0 Å². The zero-order valence-corrected chi connectivity index (χ0v) is 11.3. The molecular formula is C13H20N2O4. The number of ether oxygens (including phenoxy) is 1. The summed E-state index contributed by atoms with van der Waals surface area (Å²) < 4.78 is 5.11. The standard InChI is InChI=1S/C13H20N2O4/c1-13(2,3)19-12(18)15-10-5-4-8(16)6-9(10)11(17)7-14/h4-6,11,16-17H,7,14H2,1-3H3,(H,15,18)/t11-/m1/s1. The molecule has 0 bridgehead atoms. The molecule has 1 amide bonds. The minimum atomic E-state index is -0.975. The van der Waals surface area contributed by atoms with Crippen LogP contribution in [0.2, 0.25) is 0 Å². The summed E-state index contributed by atoms with van der Waals surface area (Å²) in [7, 11) is 0. The van der Waals surface area contributed by atoms with Crippen molar-refractivity contribution in [2.24, 2.45) is 5.73 Å². The van der Waals surface area contributed by atoms with Crippen molar-refractivity contribution >= 4 is 11.8 Å². The van der Waals surface area contributed by atoms with Gasteiger partial charge < -0.3 is 20.7 Å². The van der Waals surface area contributed by atoms with Gasteiger partial charge in [-0.15, -0.1) is 0 Å². The summed E-state index contributed by atoms with van der Waals surface area (Å²) >= 11 is 0. The third kappa shape index (κ3) is 4.76. The maximum Gasteiger partial charge on any atom is 0.412 e. The molecule has 106 valence electrons. The maximum absolute atomic E-state index is 11.7. The molecule has 0 aromatic heterocycles. The van der Waals surface area contributed by atoms with Crippen molar-refractivity contribution in [2.45, 2.75) is 32.5 Å². The summed E-state index contributed by atoms with van der Waals surface area (Å²) in [4.78, 5) is 11.7. The first kappa shape index (κ1) is 15.3. The summed E-state index contributed by atoms with van der Waals surface area (Å²) in [6.07, 6.45) is -1.61. The highest BCUT2D eigenvalue weighted by Gasteiger charge is 2.19. The minimum Gasteiger partial charge on any atom is -0.508 e. The zero-order chi connectivity index (χ0) is 14.6. The Hall–Kier alpha value is -1.79. The molecule has 0 aliphatic rings. The first-order valence-electron chi connectivity index (χ1n) is 5.94. The van der Waals surface area contributed by atoms with E-state index in [1.54, 1.807) is 20.8 Å². The number of nitrogens with two attached hydrogens (primary N) is 1. The van der Waals surface area contributed by atoms with Gasteiger partial charge in [-0.25, -0.2) is 4.79 Å². The van der Waals surface area contributed by atoms with E-state index in [9.17, 15) is 15.0 Å². The van der Waals surface area contributed by atoms with Crippen molar-refractivity contribution < 1.29 is 19.7 Å². The van der Waals surface area contributed by atoms with E-state index in [2.05, 4.69) is 5.32 Å². The number of phenolic OH excluding ortho intramolecular Hbond substituents is 1. The smallest absolute Gasteiger partial charge is 0.412 e. The Labute approximate surface area is 112 Å². The van der Waals surface area contributed by atoms with E-state index >= 15 is 0 Å². The van der Waals surface area contributed by atoms with E-state index < -0.39 is 17.8 Å². The van der Waals surface area contributed by atoms with Gasteiger partial charge >= 0.3 is 6.09 Å². The normalized spacial score (nSPS) is 12.9. The van der Waals surface area contributed by atoms with Crippen LogP contribution in [0.15, 0.2) is 18.2 Å². The van der Waals surface area contributed by atoms with E-state index in [4.69, 9.17) is 10.5 Å². The van der Waals surface area contributed by atoms with Crippen LogP contribution < -0.4 is 11.1 Å². The number of amides is 1. The minimum absolute atomic E-state index is 0.0164. The first-order valence-corrected chi connectivity index (χ1v) is 5.94. The van der Waals surface area contributed by atoms with E-state index in [-0.39, 0.29) is 12.3 Å². The van der Waals surface area contributed by atoms with Crippen molar-refractivity contribution in [3.63, 3.8) is 0 Å². The summed E-state index contributed by atoms with van der Waals surface area (Å²) in [6.45, 7) is 5.23. The Morgan fingerprint density at radius 3 is 2.63 bits per heavy atom. The average molecular weight is 268 g/mol. The van der Waals surface area contributed by atoms with Gasteiger partial charge in [0.2, 0.25) is 0 Å². The molecule has 0 aliphatic heterocycles. The molecule has 1 atom stereocenters. The Morgan fingerprint density at radius 2 is 2.11 bits per heavy atom. The number of phenols is 1. The van der Waals surface area contributed by atoms with E-state index in [1.807, 2.05) is 0 Å². The van der Waals surface area contributed by atoms with Gasteiger partial charge in [-0.05, 0) is 39.0 Å². The second-order valence-corrected chi connectivity index (χ2v) is 5.15. The van der Waals surface area contributed by atoms with E-state index in [0.717, 1.165) is 0 Å². The largest absolute Gasteiger partial charge is 0.508 e. The van der Waals surface area contributed by atoms with Gasteiger partial charge in [0.05, 0.1) is 11.8 Å². The highest BCUT2D eigenvalue weighted by atomic mass is 16.6. The van der Waals surface area contributed by atoms with Crippen LogP contribution in [0.3, 0.4) is 0 Å². The summed E-state index contributed by atoms with van der Waals surface area (Å²) in [6, 6.07) is 4.23. The number of aliphatic hydroxyl groups is 1. The SMILES string of the molecule is CC(C)(C)OC(=O)Nc1ccc(O)cc1[C@H](O)CN. The number of nitrogens with one attached hydrogen (secondary N) is 1. The number of carbonyl (C=O) groups excluding carboxylic acids is 1. The van der Waals surface area contributed by atoms with Crippen molar-refractivity contribution in [1.82, 2.24) is 0 Å². The van der Waals surface area contributed by atoms with Crippen LogP contribution in [0.25, 0.3) is 0 Å². The van der Waals surface area contributed by atoms with Crippen LogP contribution in [-0.4, -0.2) is 28.5 Å². The van der Waals surface area contributed by atoms with Gasteiger partial charge in [0, 0.05) is 12.1 Å². The van der Waals surface area contributed by atoms with Gasteiger partial charge in [0.15, 0.2) is 0 Å². The number of benzene rings is 1. The van der Waals surface area contributed by atoms with Crippen LogP contribution in [0, 0.1) is 0 Å². The lowest BCUT2D eigenvalue weighted by Gasteiger charge is -2.21. The molecule has 6 heteroatoms. The van der Waals surface area contributed by atoms with Gasteiger partial charge in [-0.1, -0.05) is 0 Å². The van der Waals surface area contributed by atoms with E-state index in [1.165, 1.54) is 18.2 Å². The Morgan fingerprint density at radius 1 is 1.47 bits per heavy atom. The number of aromatic hydroxyl groups is 1. The van der Waals surface area contributed by atoms with Crippen molar-refractivity contribution in [3.05, 3.63) is 23.8 Å². The first-order chi connectivity index (χ1) is 8.73. The van der Waals surface area contributed by atoms with Gasteiger partial charge in [0.25, 0.3) is 0 Å². The molecule has 6 nitrogen and oxygen atoms in total. The second-order valence-electron chi connectivity index (χ2n) is 5.15. The lowest BCUT2D eigenvalue weighted by Crippen LogP contribution is -2.28. The highest BCUT2D eigenvalue weighted by molar-refractivity contribution is 5.86. The summed E-state index contributed by atoms with van der Waals surface area (Å²) in [5.74, 6) is -0.0164. The number of carbonyl (C=O) groups is 1. The van der Waals surface area contributed by atoms with Crippen LogP contribution in [0.4, 0.5) is 10.5 Å². The number of rotatable bonds is 3. The molecule has 19 heavy (non-hydrogen) atoms. The molecule has 1 aromatic rings. The van der Waals surface area contributed by atoms with Crippen LogP contribution in [0.1, 0.15) is 32.4 Å². The lowest BCUT2D eigenvalue weighted by atomic mass is 10.1. The van der Waals surface area contributed by atoms with Crippen LogP contribution in [0.5, 0.6) is 5.75 Å². The third-order valence-corrected chi connectivity index (χ3v) is 2.25. The molecule has 0 spiro atoms. The van der Waals surface area contributed by atoms with Crippen LogP contribution in [-0.2, 0) is 4.74 Å². The van der Waals surface area contributed by atoms with Gasteiger partial charge in [0.1, 0.15) is 11.4 Å². The molecule has 0 fully saturated rings. The Bertz CT molecular complexity index is 454. The molecule has 0 aliphatic carbocycles. The predicted molar refractivity (Wildman–Crippen MR) is 72.0 cm³/mol. The van der Waals surface area contributed by atoms with Crippen molar-refractivity contribution in [1.29, 1.82) is 0 Å². The molecule has 1 aromatic carbocycles. The molecule has 0 radical (unpaired) electrons. The van der Waals surface area contributed by atoms with Crippen molar-refractivity contribution in [3.8, 4) is 5.75 Å². The summed E-state index contributed by atoms with van der Waals surface area (Å²) in [5, 5.41) is 21.7. The third-order valence-electron chi connectivity index (χ3n) is 2.25. The number of hydrogen-bond acceptors (Lipinski definition) is 5. The zero-order valence-electron chi connectivity index (χ0n) is 11.3. The Kier molecular flexibility index (Phi) is 4.74. The lowest BCUT2D eigenvalue weighted by molar-refractivity contribution is 0.0635. The number of hydrogen-bond donors (Lipinski definition) is 4. The number of aliphatic hydroxyl groups excluding tert-OH is 1. The molecule has 1 rings (SSSR count). The molecule has 0 saturated carbocycles. The molecule has 0 heterocycles. The quantitative estimate of drug-likeness (QED) is 0.625. The maximum atomic E-state index is 11.7. The second kappa shape index (κ2) is 5.90. The fraction of sp³-hybridized carbons (Fsp3) is 0.462. The number of anilines is 1. The monoisotopic (exact) mass is 268 g/mol. The molecule has 0 unspecified atom stereocenters. The fourth-order valence-corrected chi connectivity index (χ4v) is 1.48. The highest BCUT2D eigenvalue weighted by Crippen LogP contribution is 2.27. The average Bonchev–Trinajstić information content (AvgIpc) is 2.28. The van der Waals surface area contributed by atoms with Gasteiger partial charge in [-0.3, -0.25) is 5.32 Å². The predicted octanol–water partition coefficient (Wildman–Crippen LogP) is 1.73. The van der Waals surface area contributed by atoms with E-state index in [0.29, 0.717) is 11.3 Å².